The van der Waals surface area contributed by atoms with E-state index in [4.69, 9.17) is 16.3 Å². The molecule has 8 nitrogen and oxygen atoms in total. The second-order valence-electron chi connectivity index (χ2n) is 8.01. The van der Waals surface area contributed by atoms with Gasteiger partial charge in [-0.25, -0.2) is 27.2 Å². The second kappa shape index (κ2) is 10.7. The molecule has 36 heavy (non-hydrogen) atoms. The van der Waals surface area contributed by atoms with Crippen molar-refractivity contribution in [3.63, 3.8) is 0 Å². The third kappa shape index (κ3) is 5.84. The third-order valence-electron chi connectivity index (χ3n) is 5.33. The molecule has 0 bridgehead atoms. The Hall–Kier alpha value is -3.46. The highest BCUT2D eigenvalue weighted by atomic mass is 35.5. The van der Waals surface area contributed by atoms with Crippen molar-refractivity contribution in [2.75, 3.05) is 23.7 Å². The van der Waals surface area contributed by atoms with Gasteiger partial charge in [-0.15, -0.1) is 0 Å². The van der Waals surface area contributed by atoms with Crippen molar-refractivity contribution < 1.29 is 27.0 Å². The van der Waals surface area contributed by atoms with Gasteiger partial charge in [0.15, 0.2) is 5.82 Å². The van der Waals surface area contributed by atoms with Gasteiger partial charge in [0.1, 0.15) is 16.5 Å². The van der Waals surface area contributed by atoms with E-state index in [1.165, 1.54) is 38.4 Å². The molecule has 188 valence electrons. The normalized spacial score (nSPS) is 13.0. The van der Waals surface area contributed by atoms with Crippen LogP contribution in [0.3, 0.4) is 0 Å². The molecule has 0 radical (unpaired) electrons. The Bertz CT molecular complexity index is 1450. The monoisotopic (exact) mass is 534 g/mol. The van der Waals surface area contributed by atoms with E-state index in [1.807, 2.05) is 0 Å². The standard InChI is InChI=1S/C24H21ClF2N4O4S/c1-35-23-16(13-32)8-17(25)9-21(23)36(33,34)31-20-7-6-19(26)18(22(20)27)5-4-15-11-29-24(30-12-15)28-10-14-2-3-14/h6-9,11-12,14,31-32H,2-3,10,13H2,1H3,(H,28,29,30). The average Bonchev–Trinajstić information content (AvgIpc) is 3.69. The summed E-state index contributed by atoms with van der Waals surface area (Å²) in [6, 6.07) is 4.25. The number of ether oxygens (including phenoxy) is 1. The molecule has 0 saturated heterocycles. The zero-order valence-electron chi connectivity index (χ0n) is 19.0. The molecule has 1 aliphatic carbocycles. The van der Waals surface area contributed by atoms with Crippen LogP contribution in [-0.2, 0) is 16.6 Å². The van der Waals surface area contributed by atoms with E-state index >= 15 is 4.39 Å². The zero-order chi connectivity index (χ0) is 25.9. The molecule has 0 unspecified atom stereocenters. The smallest absolute Gasteiger partial charge is 0.265 e. The van der Waals surface area contributed by atoms with Crippen molar-refractivity contribution in [1.82, 2.24) is 9.97 Å². The maximum Gasteiger partial charge on any atom is 0.265 e. The van der Waals surface area contributed by atoms with E-state index in [-0.39, 0.29) is 16.3 Å². The lowest BCUT2D eigenvalue weighted by molar-refractivity contribution is 0.272. The summed E-state index contributed by atoms with van der Waals surface area (Å²) in [7, 11) is -3.24. The minimum Gasteiger partial charge on any atom is -0.495 e. The van der Waals surface area contributed by atoms with Gasteiger partial charge >= 0.3 is 0 Å². The lowest BCUT2D eigenvalue weighted by atomic mass is 10.1. The Labute approximate surface area is 211 Å². The third-order valence-corrected chi connectivity index (χ3v) is 6.91. The van der Waals surface area contributed by atoms with Gasteiger partial charge in [0, 0.05) is 29.5 Å². The summed E-state index contributed by atoms with van der Waals surface area (Å²) in [5.74, 6) is 3.69. The lowest BCUT2D eigenvalue weighted by Crippen LogP contribution is -2.16. The van der Waals surface area contributed by atoms with Crippen molar-refractivity contribution in [1.29, 1.82) is 0 Å². The van der Waals surface area contributed by atoms with E-state index in [0.29, 0.717) is 17.4 Å². The summed E-state index contributed by atoms with van der Waals surface area (Å²) < 4.78 is 62.7. The first-order chi connectivity index (χ1) is 17.2. The first kappa shape index (κ1) is 25.6. The fourth-order valence-corrected chi connectivity index (χ4v) is 4.90. The lowest BCUT2D eigenvalue weighted by Gasteiger charge is -2.15. The molecule has 1 fully saturated rings. The Morgan fingerprint density at radius 2 is 1.92 bits per heavy atom. The number of rotatable bonds is 8. The number of methoxy groups -OCH3 is 1. The van der Waals surface area contributed by atoms with E-state index in [2.05, 4.69) is 31.8 Å². The van der Waals surface area contributed by atoms with Crippen LogP contribution in [0.25, 0.3) is 0 Å². The largest absolute Gasteiger partial charge is 0.495 e. The van der Waals surface area contributed by atoms with Crippen LogP contribution in [-0.4, -0.2) is 37.1 Å². The summed E-state index contributed by atoms with van der Waals surface area (Å²) in [6.45, 7) is 0.241. The topological polar surface area (TPSA) is 113 Å². The molecule has 3 N–H and O–H groups in total. The Balaban J connectivity index is 1.60. The highest BCUT2D eigenvalue weighted by Gasteiger charge is 2.25. The van der Waals surface area contributed by atoms with Crippen LogP contribution >= 0.6 is 11.6 Å². The van der Waals surface area contributed by atoms with Gasteiger partial charge in [0.25, 0.3) is 10.0 Å². The second-order valence-corrected chi connectivity index (χ2v) is 10.1. The predicted octanol–water partition coefficient (Wildman–Crippen LogP) is 3.93. The summed E-state index contributed by atoms with van der Waals surface area (Å²) in [5, 5.41) is 12.6. The van der Waals surface area contributed by atoms with Crippen LogP contribution < -0.4 is 14.8 Å². The molecule has 2 aromatic carbocycles. The zero-order valence-corrected chi connectivity index (χ0v) is 20.6. The maximum absolute atomic E-state index is 15.1. The number of aromatic nitrogens is 2. The quantitative estimate of drug-likeness (QED) is 0.375. The van der Waals surface area contributed by atoms with E-state index in [1.54, 1.807) is 0 Å². The number of halogens is 3. The highest BCUT2D eigenvalue weighted by molar-refractivity contribution is 7.92. The summed E-state index contributed by atoms with van der Waals surface area (Å²) in [6.07, 6.45) is 5.20. The number of aliphatic hydroxyl groups is 1. The highest BCUT2D eigenvalue weighted by Crippen LogP contribution is 2.34. The van der Waals surface area contributed by atoms with Crippen LogP contribution in [0.4, 0.5) is 20.4 Å². The van der Waals surface area contributed by atoms with E-state index < -0.39 is 44.4 Å². The number of hydrogen-bond donors (Lipinski definition) is 3. The van der Waals surface area contributed by atoms with Crippen molar-refractivity contribution >= 4 is 33.3 Å². The van der Waals surface area contributed by atoms with Crippen LogP contribution in [0.5, 0.6) is 5.75 Å². The number of hydrogen-bond acceptors (Lipinski definition) is 7. The minimum atomic E-state index is -4.45. The van der Waals surface area contributed by atoms with E-state index in [0.717, 1.165) is 24.7 Å². The maximum atomic E-state index is 15.1. The number of benzene rings is 2. The van der Waals surface area contributed by atoms with Gasteiger partial charge in [-0.3, -0.25) is 4.72 Å². The summed E-state index contributed by atoms with van der Waals surface area (Å²) in [5.41, 5.74) is -0.742. The van der Waals surface area contributed by atoms with Crippen molar-refractivity contribution in [2.24, 2.45) is 5.92 Å². The molecule has 0 aliphatic heterocycles. The number of nitrogens with one attached hydrogen (secondary N) is 2. The fraction of sp³-hybridized carbons (Fsp3) is 0.250. The first-order valence-corrected chi connectivity index (χ1v) is 12.6. The molecule has 3 aromatic rings. The molecule has 12 heteroatoms. The van der Waals surface area contributed by atoms with Crippen molar-refractivity contribution in [2.45, 2.75) is 24.3 Å². The number of sulfonamides is 1. The molecule has 1 aliphatic rings. The average molecular weight is 535 g/mol. The molecule has 0 spiro atoms. The Morgan fingerprint density at radius 1 is 1.19 bits per heavy atom. The van der Waals surface area contributed by atoms with Crippen molar-refractivity contribution in [3.05, 3.63) is 70.0 Å². The van der Waals surface area contributed by atoms with Gasteiger partial charge in [0.05, 0.1) is 30.5 Å². The molecule has 1 aromatic heterocycles. The fourth-order valence-electron chi connectivity index (χ4n) is 3.29. The minimum absolute atomic E-state index is 0.0161. The van der Waals surface area contributed by atoms with Crippen LogP contribution in [0.1, 0.15) is 29.5 Å². The van der Waals surface area contributed by atoms with Crippen LogP contribution in [0, 0.1) is 29.4 Å². The number of aliphatic hydroxyl groups excluding tert-OH is 1. The van der Waals surface area contributed by atoms with Gasteiger partial charge < -0.3 is 15.2 Å². The molecular weight excluding hydrogens is 514 g/mol. The molecule has 1 saturated carbocycles. The molecule has 1 heterocycles. The summed E-state index contributed by atoms with van der Waals surface area (Å²) in [4.78, 5) is 7.83. The Kier molecular flexibility index (Phi) is 7.59. The van der Waals surface area contributed by atoms with E-state index in [9.17, 15) is 17.9 Å². The van der Waals surface area contributed by atoms with Gasteiger partial charge in [-0.1, -0.05) is 23.4 Å². The SMILES string of the molecule is COc1c(CO)cc(Cl)cc1S(=O)(=O)Nc1ccc(F)c(C#Cc2cnc(NCC3CC3)nc2)c1F. The summed E-state index contributed by atoms with van der Waals surface area (Å²) >= 11 is 5.97. The molecular formula is C24H21ClF2N4O4S. The van der Waals surface area contributed by atoms with Gasteiger partial charge in [-0.05, 0) is 43.0 Å². The molecule has 4 rings (SSSR count). The van der Waals surface area contributed by atoms with Crippen LogP contribution in [0.2, 0.25) is 5.02 Å². The van der Waals surface area contributed by atoms with Gasteiger partial charge in [-0.2, -0.15) is 0 Å². The first-order valence-electron chi connectivity index (χ1n) is 10.8. The van der Waals surface area contributed by atoms with Gasteiger partial charge in [0.2, 0.25) is 5.95 Å². The van der Waals surface area contributed by atoms with Crippen LogP contribution in [0.15, 0.2) is 41.6 Å². The number of anilines is 2. The van der Waals surface area contributed by atoms with Crippen molar-refractivity contribution in [3.8, 4) is 17.6 Å². The molecule has 0 amide bonds. The predicted molar refractivity (Wildman–Crippen MR) is 130 cm³/mol. The Morgan fingerprint density at radius 3 is 2.56 bits per heavy atom. The molecule has 0 atom stereocenters. The number of nitrogens with zero attached hydrogens (tertiary/aromatic N) is 2.